The maximum absolute atomic E-state index is 8.88. The molecule has 0 bridgehead atoms. The fourth-order valence-electron chi connectivity index (χ4n) is 0.300. The van der Waals surface area contributed by atoms with Crippen LogP contribution in [0.25, 0.3) is 0 Å². The summed E-state index contributed by atoms with van der Waals surface area (Å²) < 4.78 is 9.73. The van der Waals surface area contributed by atoms with Gasteiger partial charge in [0.05, 0.1) is 27.7 Å². The quantitative estimate of drug-likeness (QED) is 0.288. The number of phosphoric acid groups is 1. The standard InChI is InChI=1S/C5H14NO.ClH.H3O4P/c1-6(2,3)4-5-7;;1-5(2,3)4/h7H,4-5H2,1-3H3;1H;(H3,1,2,3,4)/q+1;;/p-1. The highest BCUT2D eigenvalue weighted by Crippen LogP contribution is 2.25. The molecule has 84 valence electrons. The van der Waals surface area contributed by atoms with Crippen molar-refractivity contribution in [2.45, 2.75) is 0 Å². The highest BCUT2D eigenvalue weighted by atomic mass is 35.5. The van der Waals surface area contributed by atoms with Crippen LogP contribution < -0.4 is 12.4 Å². The number of hydrogen-bond acceptors (Lipinski definition) is 2. The first-order valence-electron chi connectivity index (χ1n) is 3.26. The molecule has 8 heteroatoms. The lowest BCUT2D eigenvalue weighted by molar-refractivity contribution is -0.870. The van der Waals surface area contributed by atoms with Crippen molar-refractivity contribution in [1.82, 2.24) is 0 Å². The topological polar surface area (TPSA) is 98.0 Å². The maximum Gasteiger partial charge on any atom is 0.466 e. The third-order valence-electron chi connectivity index (χ3n) is 0.771. The number of rotatable bonds is 2. The molecule has 0 aromatic carbocycles. The monoisotopic (exact) mass is 237 g/mol. The molecule has 0 spiro atoms. The molecule has 6 nitrogen and oxygen atoms in total. The van der Waals surface area contributed by atoms with Gasteiger partial charge in [0.15, 0.2) is 0 Å². The second-order valence-electron chi connectivity index (χ2n) is 3.25. The summed E-state index contributed by atoms with van der Waals surface area (Å²) in [5.74, 6) is 0. The van der Waals surface area contributed by atoms with E-state index in [1.807, 2.05) is 0 Å². The number of aliphatic hydroxyl groups is 1. The third kappa shape index (κ3) is 70.3. The maximum atomic E-state index is 8.88. The lowest BCUT2D eigenvalue weighted by atomic mass is 10.5. The molecule has 13 heavy (non-hydrogen) atoms. The predicted molar refractivity (Wildman–Crippen MR) is 44.2 cm³/mol. The first-order valence-corrected chi connectivity index (χ1v) is 4.82. The van der Waals surface area contributed by atoms with E-state index in [0.717, 1.165) is 11.0 Å². The van der Waals surface area contributed by atoms with Crippen LogP contribution in [0, 0.1) is 0 Å². The van der Waals surface area contributed by atoms with Crippen LogP contribution in [0.2, 0.25) is 0 Å². The van der Waals surface area contributed by atoms with Gasteiger partial charge in [-0.05, 0) is 0 Å². The summed E-state index contributed by atoms with van der Waals surface area (Å²) in [7, 11) is 1.52. The second kappa shape index (κ2) is 7.70. The van der Waals surface area contributed by atoms with Gasteiger partial charge in [0, 0.05) is 0 Å². The summed E-state index contributed by atoms with van der Waals surface area (Å²) in [5.41, 5.74) is 0. The molecule has 0 aromatic heterocycles. The van der Waals surface area contributed by atoms with E-state index in [2.05, 4.69) is 21.1 Å². The predicted octanol–water partition coefficient (Wildman–Crippen LogP) is -4.24. The van der Waals surface area contributed by atoms with Crippen LogP contribution in [0.3, 0.4) is 0 Å². The summed E-state index contributed by atoms with van der Waals surface area (Å²) in [4.78, 5) is 21.6. The van der Waals surface area contributed by atoms with Crippen LogP contribution in [0.15, 0.2) is 0 Å². The number of likely N-dealkylation sites (N-methyl/N-ethyl adjacent to an activating group) is 1. The number of hydrogen-bond donors (Lipinski definition) is 4. The molecule has 0 rings (SSSR count). The molecule has 0 heterocycles. The van der Waals surface area contributed by atoms with Crippen molar-refractivity contribution in [2.24, 2.45) is 0 Å². The van der Waals surface area contributed by atoms with E-state index in [-0.39, 0.29) is 19.0 Å². The molecule has 0 aliphatic rings. The Bertz CT molecular complexity index is 145. The lowest BCUT2D eigenvalue weighted by Crippen LogP contribution is -3.00. The zero-order valence-corrected chi connectivity index (χ0v) is 9.53. The Morgan fingerprint density at radius 2 is 1.38 bits per heavy atom. The van der Waals surface area contributed by atoms with E-state index >= 15 is 0 Å². The fraction of sp³-hybridized carbons (Fsp3) is 1.00. The molecule has 0 fully saturated rings. The molecule has 0 atom stereocenters. The molecule has 0 unspecified atom stereocenters. The van der Waals surface area contributed by atoms with Crippen molar-refractivity contribution >= 4 is 7.82 Å². The fourth-order valence-corrected chi connectivity index (χ4v) is 0.300. The largest absolute Gasteiger partial charge is 1.00 e. The van der Waals surface area contributed by atoms with E-state index < -0.39 is 7.82 Å². The van der Waals surface area contributed by atoms with Gasteiger partial charge in [-0.15, -0.1) is 0 Å². The Morgan fingerprint density at radius 1 is 1.15 bits per heavy atom. The number of nitrogens with zero attached hydrogens (tertiary/aromatic N) is 1. The van der Waals surface area contributed by atoms with E-state index in [0.29, 0.717) is 0 Å². The smallest absolute Gasteiger partial charge is 0.466 e. The number of halogens is 1. The molecule has 0 aliphatic heterocycles. The van der Waals surface area contributed by atoms with Crippen LogP contribution in [-0.4, -0.2) is 58.6 Å². The van der Waals surface area contributed by atoms with Gasteiger partial charge in [-0.2, -0.15) is 0 Å². The van der Waals surface area contributed by atoms with Crippen molar-refractivity contribution in [2.75, 3.05) is 34.3 Å². The summed E-state index contributed by atoms with van der Waals surface area (Å²) >= 11 is 0. The zero-order valence-electron chi connectivity index (χ0n) is 7.88. The third-order valence-corrected chi connectivity index (χ3v) is 0.771. The second-order valence-corrected chi connectivity index (χ2v) is 4.28. The minimum atomic E-state index is -4.64. The highest BCUT2D eigenvalue weighted by Gasteiger charge is 2.02. The Hall–Kier alpha value is 0.320. The molecule has 0 saturated carbocycles. The van der Waals surface area contributed by atoms with Gasteiger partial charge in [-0.3, -0.25) is 0 Å². The summed E-state index contributed by atoms with van der Waals surface area (Å²) in [6.07, 6.45) is 0. The van der Waals surface area contributed by atoms with Crippen molar-refractivity contribution in [3.63, 3.8) is 0 Å². The van der Waals surface area contributed by atoms with E-state index in [4.69, 9.17) is 24.4 Å². The SMILES string of the molecule is C[N+](C)(C)CCO.O=P(O)(O)O.[Cl-]. The highest BCUT2D eigenvalue weighted by molar-refractivity contribution is 7.45. The minimum absolute atomic E-state index is 0. The molecule has 0 aromatic rings. The van der Waals surface area contributed by atoms with Crippen molar-refractivity contribution in [1.29, 1.82) is 0 Å². The van der Waals surface area contributed by atoms with Gasteiger partial charge in [0.25, 0.3) is 0 Å². The van der Waals surface area contributed by atoms with E-state index in [1.165, 1.54) is 0 Å². The average Bonchev–Trinajstić information content (AvgIpc) is 1.54. The summed E-state index contributed by atoms with van der Waals surface area (Å²) in [6, 6.07) is 0. The van der Waals surface area contributed by atoms with Gasteiger partial charge >= 0.3 is 7.82 Å². The number of quaternary nitrogens is 1. The first kappa shape index (κ1) is 19.0. The average molecular weight is 238 g/mol. The summed E-state index contributed by atoms with van der Waals surface area (Å²) in [6.45, 7) is 1.11. The molecule has 0 radical (unpaired) electrons. The molecule has 4 N–H and O–H groups in total. The van der Waals surface area contributed by atoms with Crippen LogP contribution >= 0.6 is 7.82 Å². The first-order chi connectivity index (χ1) is 5.06. The van der Waals surface area contributed by atoms with Crippen molar-refractivity contribution in [3.05, 3.63) is 0 Å². The number of aliphatic hydroxyl groups excluding tert-OH is 1. The van der Waals surface area contributed by atoms with Crippen LogP contribution in [0.4, 0.5) is 0 Å². The van der Waals surface area contributed by atoms with Gasteiger partial charge < -0.3 is 36.7 Å². The van der Waals surface area contributed by atoms with Gasteiger partial charge in [-0.25, -0.2) is 4.57 Å². The van der Waals surface area contributed by atoms with Gasteiger partial charge in [-0.1, -0.05) is 0 Å². The minimum Gasteiger partial charge on any atom is -1.00 e. The van der Waals surface area contributed by atoms with Crippen LogP contribution in [0.5, 0.6) is 0 Å². The van der Waals surface area contributed by atoms with Crippen molar-refractivity contribution in [3.8, 4) is 0 Å². The van der Waals surface area contributed by atoms with Gasteiger partial charge in [0.1, 0.15) is 6.54 Å². The van der Waals surface area contributed by atoms with E-state index in [9.17, 15) is 0 Å². The molecular formula is C5H17ClNO5P. The van der Waals surface area contributed by atoms with E-state index in [1.54, 1.807) is 0 Å². The summed E-state index contributed by atoms with van der Waals surface area (Å²) in [5, 5.41) is 8.39. The lowest BCUT2D eigenvalue weighted by Gasteiger charge is -2.21. The Labute approximate surface area is 84.1 Å². The van der Waals surface area contributed by atoms with Crippen molar-refractivity contribution < 1.29 is 41.2 Å². The molecule has 0 aliphatic carbocycles. The normalized spacial score (nSPS) is 11.0. The molecular weight excluding hydrogens is 220 g/mol. The Balaban J connectivity index is -0.000000150. The molecule has 0 saturated heterocycles. The van der Waals surface area contributed by atoms with Gasteiger partial charge in [0.2, 0.25) is 0 Å². The Morgan fingerprint density at radius 3 is 1.38 bits per heavy atom. The molecule has 0 amide bonds. The van der Waals surface area contributed by atoms with Crippen LogP contribution in [0.1, 0.15) is 0 Å². The Kier molecular flexibility index (Phi) is 11.2. The zero-order chi connectivity index (χ0) is 10.4. The van der Waals surface area contributed by atoms with Crippen LogP contribution in [-0.2, 0) is 4.57 Å².